The summed E-state index contributed by atoms with van der Waals surface area (Å²) in [4.78, 5) is 0. The van der Waals surface area contributed by atoms with Crippen molar-refractivity contribution in [3.8, 4) is 5.75 Å². The van der Waals surface area contributed by atoms with Crippen LogP contribution in [0.1, 0.15) is 30.5 Å². The summed E-state index contributed by atoms with van der Waals surface area (Å²) in [6, 6.07) is 11.1. The van der Waals surface area contributed by atoms with Gasteiger partial charge in [-0.1, -0.05) is 25.1 Å². The molecular formula is C17H19F2NO. The van der Waals surface area contributed by atoms with E-state index in [1.54, 1.807) is 6.07 Å². The van der Waals surface area contributed by atoms with Crippen LogP contribution >= 0.6 is 0 Å². The molecule has 0 amide bonds. The molecule has 0 saturated carbocycles. The predicted octanol–water partition coefficient (Wildman–Crippen LogP) is 4.00. The van der Waals surface area contributed by atoms with Gasteiger partial charge in [0.1, 0.15) is 5.75 Å². The quantitative estimate of drug-likeness (QED) is 0.873. The lowest BCUT2D eigenvalue weighted by atomic mass is 9.99. The molecule has 0 heterocycles. The molecule has 0 aliphatic rings. The molecule has 0 aliphatic carbocycles. The van der Waals surface area contributed by atoms with Gasteiger partial charge in [0, 0.05) is 6.04 Å². The Kier molecular flexibility index (Phi) is 5.28. The summed E-state index contributed by atoms with van der Waals surface area (Å²) >= 11 is 0. The fraction of sp³-hybridized carbons (Fsp3) is 0.294. The molecule has 0 saturated heterocycles. The third-order valence-corrected chi connectivity index (χ3v) is 3.22. The van der Waals surface area contributed by atoms with Crippen molar-refractivity contribution in [3.05, 3.63) is 65.2 Å². The number of hydrogen-bond donors (Lipinski definition) is 1. The van der Waals surface area contributed by atoms with E-state index < -0.39 is 11.6 Å². The SMILES string of the molecule is CCCOc1ccc(C(N)Cc2ccc(F)c(F)c2)cc1. The van der Waals surface area contributed by atoms with E-state index in [0.717, 1.165) is 23.8 Å². The monoisotopic (exact) mass is 291 g/mol. The van der Waals surface area contributed by atoms with Gasteiger partial charge < -0.3 is 10.5 Å². The standard InChI is InChI=1S/C17H19F2NO/c1-2-9-21-14-6-4-13(5-7-14)17(20)11-12-3-8-15(18)16(19)10-12/h3-8,10,17H,2,9,11,20H2,1H3. The molecule has 2 rings (SSSR count). The molecule has 21 heavy (non-hydrogen) atoms. The highest BCUT2D eigenvalue weighted by molar-refractivity contribution is 5.30. The number of ether oxygens (including phenoxy) is 1. The summed E-state index contributed by atoms with van der Waals surface area (Å²) in [6.45, 7) is 2.73. The van der Waals surface area contributed by atoms with Crippen LogP contribution in [0.2, 0.25) is 0 Å². The van der Waals surface area contributed by atoms with Crippen LogP contribution in [0.3, 0.4) is 0 Å². The molecule has 1 unspecified atom stereocenters. The van der Waals surface area contributed by atoms with E-state index in [0.29, 0.717) is 18.6 Å². The molecule has 0 bridgehead atoms. The minimum absolute atomic E-state index is 0.268. The number of rotatable bonds is 6. The molecular weight excluding hydrogens is 272 g/mol. The van der Waals surface area contributed by atoms with E-state index in [4.69, 9.17) is 10.5 Å². The molecule has 1 atom stereocenters. The Morgan fingerprint density at radius 2 is 1.76 bits per heavy atom. The summed E-state index contributed by atoms with van der Waals surface area (Å²) in [6.07, 6.45) is 1.41. The van der Waals surface area contributed by atoms with Crippen LogP contribution in [0.25, 0.3) is 0 Å². The first-order valence-corrected chi connectivity index (χ1v) is 7.02. The van der Waals surface area contributed by atoms with Crippen molar-refractivity contribution in [1.82, 2.24) is 0 Å². The van der Waals surface area contributed by atoms with E-state index in [2.05, 4.69) is 0 Å². The van der Waals surface area contributed by atoms with Gasteiger partial charge >= 0.3 is 0 Å². The van der Waals surface area contributed by atoms with E-state index >= 15 is 0 Å². The molecule has 0 aliphatic heterocycles. The molecule has 0 fully saturated rings. The Labute approximate surface area is 123 Å². The zero-order valence-electron chi connectivity index (χ0n) is 12.0. The second-order valence-electron chi connectivity index (χ2n) is 4.98. The fourth-order valence-corrected chi connectivity index (χ4v) is 2.07. The molecule has 2 aromatic carbocycles. The maximum Gasteiger partial charge on any atom is 0.159 e. The largest absolute Gasteiger partial charge is 0.494 e. The number of hydrogen-bond acceptors (Lipinski definition) is 2. The van der Waals surface area contributed by atoms with Crippen molar-refractivity contribution >= 4 is 0 Å². The summed E-state index contributed by atoms with van der Waals surface area (Å²) in [5, 5.41) is 0. The van der Waals surface area contributed by atoms with Gasteiger partial charge in [0.15, 0.2) is 11.6 Å². The van der Waals surface area contributed by atoms with Gasteiger partial charge in [-0.3, -0.25) is 0 Å². The Morgan fingerprint density at radius 1 is 1.05 bits per heavy atom. The lowest BCUT2D eigenvalue weighted by Gasteiger charge is -2.13. The van der Waals surface area contributed by atoms with E-state index in [1.807, 2.05) is 31.2 Å². The van der Waals surface area contributed by atoms with Crippen molar-refractivity contribution in [2.75, 3.05) is 6.61 Å². The molecule has 0 radical (unpaired) electrons. The fourth-order valence-electron chi connectivity index (χ4n) is 2.07. The third kappa shape index (κ3) is 4.26. The average Bonchev–Trinajstić information content (AvgIpc) is 2.49. The maximum absolute atomic E-state index is 13.2. The lowest BCUT2D eigenvalue weighted by molar-refractivity contribution is 0.317. The molecule has 112 valence electrons. The summed E-state index contributed by atoms with van der Waals surface area (Å²) in [5.41, 5.74) is 7.72. The Morgan fingerprint density at radius 3 is 2.38 bits per heavy atom. The van der Waals surface area contributed by atoms with Gasteiger partial charge in [-0.15, -0.1) is 0 Å². The third-order valence-electron chi connectivity index (χ3n) is 3.22. The van der Waals surface area contributed by atoms with Gasteiger partial charge in [-0.25, -0.2) is 8.78 Å². The Bertz CT molecular complexity index is 584. The Balaban J connectivity index is 2.02. The second kappa shape index (κ2) is 7.18. The summed E-state index contributed by atoms with van der Waals surface area (Å²) in [5.74, 6) is -0.881. The molecule has 0 aromatic heterocycles. The van der Waals surface area contributed by atoms with Crippen LogP contribution in [0.4, 0.5) is 8.78 Å². The number of halogens is 2. The topological polar surface area (TPSA) is 35.2 Å². The maximum atomic E-state index is 13.2. The molecule has 0 spiro atoms. The highest BCUT2D eigenvalue weighted by Crippen LogP contribution is 2.20. The van der Waals surface area contributed by atoms with Crippen LogP contribution < -0.4 is 10.5 Å². The number of nitrogens with two attached hydrogens (primary N) is 1. The second-order valence-corrected chi connectivity index (χ2v) is 4.98. The molecule has 2 aromatic rings. The van der Waals surface area contributed by atoms with Gasteiger partial charge in [0.2, 0.25) is 0 Å². The highest BCUT2D eigenvalue weighted by Gasteiger charge is 2.09. The number of benzene rings is 2. The van der Waals surface area contributed by atoms with Gasteiger partial charge in [-0.2, -0.15) is 0 Å². The average molecular weight is 291 g/mol. The van der Waals surface area contributed by atoms with Crippen molar-refractivity contribution in [2.24, 2.45) is 5.73 Å². The summed E-state index contributed by atoms with van der Waals surface area (Å²) in [7, 11) is 0. The van der Waals surface area contributed by atoms with Crippen molar-refractivity contribution in [3.63, 3.8) is 0 Å². The van der Waals surface area contributed by atoms with Gasteiger partial charge in [0.25, 0.3) is 0 Å². The van der Waals surface area contributed by atoms with E-state index in [9.17, 15) is 8.78 Å². The van der Waals surface area contributed by atoms with Crippen LogP contribution in [0.15, 0.2) is 42.5 Å². The minimum atomic E-state index is -0.844. The van der Waals surface area contributed by atoms with Crippen molar-refractivity contribution in [2.45, 2.75) is 25.8 Å². The minimum Gasteiger partial charge on any atom is -0.494 e. The zero-order valence-corrected chi connectivity index (χ0v) is 12.0. The molecule has 4 heteroatoms. The normalized spacial score (nSPS) is 12.2. The lowest BCUT2D eigenvalue weighted by Crippen LogP contribution is -2.13. The first kappa shape index (κ1) is 15.4. The summed E-state index contributed by atoms with van der Waals surface area (Å²) < 4.78 is 31.6. The predicted molar refractivity (Wildman–Crippen MR) is 79.2 cm³/mol. The first-order valence-electron chi connectivity index (χ1n) is 7.02. The van der Waals surface area contributed by atoms with E-state index in [1.165, 1.54) is 6.07 Å². The van der Waals surface area contributed by atoms with Crippen LogP contribution in [0, 0.1) is 11.6 Å². The van der Waals surface area contributed by atoms with Crippen molar-refractivity contribution in [1.29, 1.82) is 0 Å². The Hall–Kier alpha value is -1.94. The molecule has 2 nitrogen and oxygen atoms in total. The van der Waals surface area contributed by atoms with Crippen LogP contribution in [-0.4, -0.2) is 6.61 Å². The van der Waals surface area contributed by atoms with Gasteiger partial charge in [0.05, 0.1) is 6.61 Å². The van der Waals surface area contributed by atoms with E-state index in [-0.39, 0.29) is 6.04 Å². The first-order chi connectivity index (χ1) is 10.1. The van der Waals surface area contributed by atoms with Gasteiger partial charge in [-0.05, 0) is 48.2 Å². The van der Waals surface area contributed by atoms with Crippen molar-refractivity contribution < 1.29 is 13.5 Å². The zero-order chi connectivity index (χ0) is 15.2. The van der Waals surface area contributed by atoms with Crippen LogP contribution in [0.5, 0.6) is 5.75 Å². The van der Waals surface area contributed by atoms with Crippen LogP contribution in [-0.2, 0) is 6.42 Å². The molecule has 2 N–H and O–H groups in total. The smallest absolute Gasteiger partial charge is 0.159 e. The highest BCUT2D eigenvalue weighted by atomic mass is 19.2.